The Morgan fingerprint density at radius 2 is 2.03 bits per heavy atom. The van der Waals surface area contributed by atoms with Crippen molar-refractivity contribution in [1.82, 2.24) is 25.3 Å². The molecule has 0 spiro atoms. The number of anilines is 1. The molecule has 1 aliphatic rings. The average Bonchev–Trinajstić information content (AvgIpc) is 3.21. The van der Waals surface area contributed by atoms with Crippen LogP contribution in [0.15, 0.2) is 24.5 Å². The molecule has 10 heteroatoms. The van der Waals surface area contributed by atoms with Gasteiger partial charge < -0.3 is 20.9 Å². The van der Waals surface area contributed by atoms with Crippen molar-refractivity contribution >= 4 is 28.8 Å². The van der Waals surface area contributed by atoms with E-state index in [4.69, 9.17) is 5.73 Å². The van der Waals surface area contributed by atoms with Gasteiger partial charge in [0.05, 0.1) is 23.0 Å². The Bertz CT molecular complexity index is 1100. The molecule has 0 radical (unpaired) electrons. The summed E-state index contributed by atoms with van der Waals surface area (Å²) in [7, 11) is 1.56. The number of aromatic amines is 1. The van der Waals surface area contributed by atoms with Crippen molar-refractivity contribution in [2.45, 2.75) is 25.7 Å². The molecule has 2 amide bonds. The maximum Gasteiger partial charge on any atom is 0.271 e. The number of H-pyrrole nitrogens is 1. The number of imidazole rings is 1. The number of nitrogens with two attached hydrogens (primary N) is 1. The van der Waals surface area contributed by atoms with Gasteiger partial charge in [-0.25, -0.2) is 14.4 Å². The maximum atomic E-state index is 13.8. The van der Waals surface area contributed by atoms with Crippen LogP contribution in [-0.4, -0.2) is 51.9 Å². The molecule has 1 fully saturated rings. The van der Waals surface area contributed by atoms with Gasteiger partial charge in [0.1, 0.15) is 17.0 Å². The van der Waals surface area contributed by atoms with Crippen molar-refractivity contribution in [2.75, 3.05) is 25.0 Å². The zero-order chi connectivity index (χ0) is 22.0. The number of hydrogen-bond donors (Lipinski definition) is 3. The van der Waals surface area contributed by atoms with E-state index in [2.05, 4.69) is 30.2 Å². The average molecular weight is 425 g/mol. The number of aryl methyl sites for hydroxylation is 1. The van der Waals surface area contributed by atoms with E-state index >= 15 is 0 Å². The van der Waals surface area contributed by atoms with E-state index in [9.17, 15) is 14.0 Å². The number of carbonyl (C=O) groups is 2. The first-order chi connectivity index (χ1) is 14.9. The molecule has 2 aromatic heterocycles. The van der Waals surface area contributed by atoms with Crippen molar-refractivity contribution in [2.24, 2.45) is 11.7 Å². The number of primary amides is 1. The Morgan fingerprint density at radius 1 is 1.26 bits per heavy atom. The summed E-state index contributed by atoms with van der Waals surface area (Å²) in [4.78, 5) is 41.4. The van der Waals surface area contributed by atoms with Gasteiger partial charge in [-0.15, -0.1) is 0 Å². The van der Waals surface area contributed by atoms with E-state index in [0.717, 1.165) is 50.5 Å². The number of carbonyl (C=O) groups excluding carboxylic acids is 2. The lowest BCUT2D eigenvalue weighted by molar-refractivity contribution is 0.0956. The minimum Gasteiger partial charge on any atom is -0.366 e. The Balaban J connectivity index is 1.35. The van der Waals surface area contributed by atoms with Crippen LogP contribution in [0.4, 0.5) is 10.3 Å². The van der Waals surface area contributed by atoms with Crippen molar-refractivity contribution in [3.05, 3.63) is 47.3 Å². The third-order valence-corrected chi connectivity index (χ3v) is 5.69. The summed E-state index contributed by atoms with van der Waals surface area (Å²) in [6, 6.07) is 2.44. The van der Waals surface area contributed by atoms with Crippen LogP contribution in [0, 0.1) is 11.7 Å². The zero-order valence-corrected chi connectivity index (χ0v) is 17.2. The molecule has 0 atom stereocenters. The number of fused-ring (bicyclic) bond motifs is 1. The smallest absolute Gasteiger partial charge is 0.271 e. The second-order valence-electron chi connectivity index (χ2n) is 7.72. The van der Waals surface area contributed by atoms with Crippen molar-refractivity contribution in [3.63, 3.8) is 0 Å². The third-order valence-electron chi connectivity index (χ3n) is 5.69. The fraction of sp³-hybridized carbons (Fsp3) is 0.381. The quantitative estimate of drug-likeness (QED) is 0.552. The summed E-state index contributed by atoms with van der Waals surface area (Å²) in [6.45, 7) is 1.61. The third kappa shape index (κ3) is 4.47. The molecule has 1 aliphatic heterocycles. The van der Waals surface area contributed by atoms with Gasteiger partial charge in [-0.2, -0.15) is 0 Å². The lowest BCUT2D eigenvalue weighted by Gasteiger charge is -2.31. The summed E-state index contributed by atoms with van der Waals surface area (Å²) in [5.41, 5.74) is 7.48. The first kappa shape index (κ1) is 20.7. The van der Waals surface area contributed by atoms with Crippen LogP contribution in [0.1, 0.15) is 45.8 Å². The number of hydrogen-bond acceptors (Lipinski definition) is 6. The molecule has 4 rings (SSSR count). The van der Waals surface area contributed by atoms with Crippen molar-refractivity contribution in [1.29, 1.82) is 0 Å². The number of benzene rings is 1. The Hall–Kier alpha value is -3.56. The minimum atomic E-state index is -0.701. The van der Waals surface area contributed by atoms with Crippen LogP contribution in [0.3, 0.4) is 0 Å². The molecule has 3 heterocycles. The highest BCUT2D eigenvalue weighted by Gasteiger charge is 2.23. The summed E-state index contributed by atoms with van der Waals surface area (Å²) in [6.07, 6.45) is 6.91. The molecule has 9 nitrogen and oxygen atoms in total. The highest BCUT2D eigenvalue weighted by atomic mass is 19.1. The van der Waals surface area contributed by atoms with Gasteiger partial charge in [0.15, 0.2) is 0 Å². The van der Waals surface area contributed by atoms with Gasteiger partial charge in [-0.3, -0.25) is 14.6 Å². The number of halogens is 1. The van der Waals surface area contributed by atoms with Crippen LogP contribution in [0.25, 0.3) is 11.0 Å². The molecule has 0 unspecified atom stereocenters. The number of rotatable bonds is 6. The van der Waals surface area contributed by atoms with E-state index in [1.807, 2.05) is 0 Å². The monoisotopic (exact) mass is 425 g/mol. The number of piperidine rings is 1. The topological polar surface area (TPSA) is 130 Å². The van der Waals surface area contributed by atoms with Crippen molar-refractivity contribution in [3.8, 4) is 0 Å². The molecular formula is C21H24FN7O2. The summed E-state index contributed by atoms with van der Waals surface area (Å²) < 4.78 is 13.8. The largest absolute Gasteiger partial charge is 0.366 e. The van der Waals surface area contributed by atoms with E-state index in [-0.39, 0.29) is 11.5 Å². The van der Waals surface area contributed by atoms with Gasteiger partial charge in [0.25, 0.3) is 11.8 Å². The van der Waals surface area contributed by atoms with Crippen LogP contribution in [-0.2, 0) is 6.42 Å². The molecule has 1 aromatic carbocycles. The molecule has 3 aromatic rings. The SMILES string of the molecule is CNC(=O)c1cnc(CCC2CCN(c3nc4c(C(N)=O)cc(F)cc4[nH]3)CC2)cn1. The lowest BCUT2D eigenvalue weighted by Crippen LogP contribution is -2.34. The highest BCUT2D eigenvalue weighted by Crippen LogP contribution is 2.27. The van der Waals surface area contributed by atoms with Gasteiger partial charge in [-0.1, -0.05) is 0 Å². The predicted octanol–water partition coefficient (Wildman–Crippen LogP) is 1.80. The lowest BCUT2D eigenvalue weighted by atomic mass is 9.92. The Morgan fingerprint density at radius 3 is 2.68 bits per heavy atom. The summed E-state index contributed by atoms with van der Waals surface area (Å²) in [5.74, 6) is -0.311. The first-order valence-electron chi connectivity index (χ1n) is 10.2. The summed E-state index contributed by atoms with van der Waals surface area (Å²) in [5, 5.41) is 2.53. The fourth-order valence-corrected chi connectivity index (χ4v) is 3.92. The number of aromatic nitrogens is 4. The standard InChI is InChI=1S/C21H24FN7O2/c1-24-20(31)17-11-25-14(10-26-17)3-2-12-4-6-29(7-5-12)21-27-16-9-13(22)8-15(19(23)30)18(16)28-21/h8-12H,2-7H2,1H3,(H2,23,30)(H,24,31)(H,27,28). The van der Waals surface area contributed by atoms with Gasteiger partial charge >= 0.3 is 0 Å². The first-order valence-corrected chi connectivity index (χ1v) is 10.2. The van der Waals surface area contributed by atoms with E-state index in [0.29, 0.717) is 28.6 Å². The fourth-order valence-electron chi connectivity index (χ4n) is 3.92. The minimum absolute atomic E-state index is 0.0796. The number of nitrogens with one attached hydrogen (secondary N) is 2. The molecule has 31 heavy (non-hydrogen) atoms. The van der Waals surface area contributed by atoms with Gasteiger partial charge in [-0.05, 0) is 43.7 Å². The molecule has 4 N–H and O–H groups in total. The molecule has 0 saturated carbocycles. The van der Waals surface area contributed by atoms with E-state index in [1.165, 1.54) is 12.3 Å². The summed E-state index contributed by atoms with van der Waals surface area (Å²) >= 11 is 0. The highest BCUT2D eigenvalue weighted by molar-refractivity contribution is 6.04. The molecule has 0 aliphatic carbocycles. The van der Waals surface area contributed by atoms with E-state index in [1.54, 1.807) is 13.2 Å². The second-order valence-corrected chi connectivity index (χ2v) is 7.72. The van der Waals surface area contributed by atoms with Crippen LogP contribution >= 0.6 is 0 Å². The van der Waals surface area contributed by atoms with Crippen LogP contribution in [0.5, 0.6) is 0 Å². The molecule has 162 valence electrons. The Labute approximate surface area is 178 Å². The van der Waals surface area contributed by atoms with Crippen LogP contribution in [0.2, 0.25) is 0 Å². The normalized spacial score (nSPS) is 14.7. The number of amides is 2. The molecule has 0 bridgehead atoms. The number of nitrogens with zero attached hydrogens (tertiary/aromatic N) is 4. The van der Waals surface area contributed by atoms with Crippen LogP contribution < -0.4 is 16.0 Å². The van der Waals surface area contributed by atoms with E-state index < -0.39 is 11.7 Å². The molecular weight excluding hydrogens is 401 g/mol. The van der Waals surface area contributed by atoms with Crippen molar-refractivity contribution < 1.29 is 14.0 Å². The van der Waals surface area contributed by atoms with Gasteiger partial charge in [0, 0.05) is 26.3 Å². The Kier molecular flexibility index (Phi) is 5.79. The molecule has 1 saturated heterocycles. The predicted molar refractivity (Wildman–Crippen MR) is 113 cm³/mol. The maximum absolute atomic E-state index is 13.8. The second kappa shape index (κ2) is 8.66. The zero-order valence-electron chi connectivity index (χ0n) is 17.2. The van der Waals surface area contributed by atoms with Gasteiger partial charge in [0.2, 0.25) is 5.95 Å².